The van der Waals surface area contributed by atoms with Crippen LogP contribution in [0.25, 0.3) is 0 Å². The maximum absolute atomic E-state index is 5.02. The Balaban J connectivity index is 2.43. The molecule has 1 aromatic heterocycles. The van der Waals surface area contributed by atoms with Gasteiger partial charge in [0.1, 0.15) is 21.9 Å². The van der Waals surface area contributed by atoms with Crippen LogP contribution in [-0.4, -0.2) is 16.9 Å². The average Bonchev–Trinajstić information content (AvgIpc) is 2.30. The van der Waals surface area contributed by atoms with Gasteiger partial charge in [0.15, 0.2) is 0 Å². The van der Waals surface area contributed by atoms with Gasteiger partial charge in [-0.25, -0.2) is 4.98 Å². The van der Waals surface area contributed by atoms with E-state index in [0.29, 0.717) is 11.9 Å². The summed E-state index contributed by atoms with van der Waals surface area (Å²) in [6.45, 7) is 6.95. The second-order valence-electron chi connectivity index (χ2n) is 2.51. The van der Waals surface area contributed by atoms with Crippen LogP contribution >= 0.6 is 23.5 Å². The lowest BCUT2D eigenvalue weighted by atomic mass is 10.5. The van der Waals surface area contributed by atoms with Crippen LogP contribution in [0.1, 0.15) is 0 Å². The molecule has 1 heterocycles. The predicted octanol–water partition coefficient (Wildman–Crippen LogP) is 3.50. The van der Waals surface area contributed by atoms with Crippen LogP contribution < -0.4 is 0 Å². The molecule has 0 aliphatic heterocycles. The van der Waals surface area contributed by atoms with Crippen molar-refractivity contribution in [3.05, 3.63) is 43.9 Å². The van der Waals surface area contributed by atoms with Gasteiger partial charge >= 0.3 is 0 Å². The molecule has 0 aromatic carbocycles. The van der Waals surface area contributed by atoms with Gasteiger partial charge in [-0.3, -0.25) is 0 Å². The van der Waals surface area contributed by atoms with Crippen LogP contribution in [0.2, 0.25) is 0 Å². The summed E-state index contributed by atoms with van der Waals surface area (Å²) in [6.07, 6.45) is 2.84. The Labute approximate surface area is 104 Å². The number of hydrogen-bond donors (Lipinski definition) is 0. The molecule has 0 saturated heterocycles. The Kier molecular flexibility index (Phi) is 6.60. The molecule has 16 heavy (non-hydrogen) atoms. The minimum Gasteiger partial charge on any atom is -0.491 e. The third-order valence-electron chi connectivity index (χ3n) is 1.48. The minimum absolute atomic E-state index is 0.522. The SMILES string of the molecule is C=COCSc1cccc(SCOC=C)n1. The van der Waals surface area contributed by atoms with Crippen molar-refractivity contribution in [3.63, 3.8) is 0 Å². The molecule has 1 aromatic rings. The fourth-order valence-electron chi connectivity index (χ4n) is 0.842. The molecule has 0 saturated carbocycles. The first-order valence-electron chi connectivity index (χ1n) is 4.54. The van der Waals surface area contributed by atoms with Gasteiger partial charge in [-0.2, -0.15) is 0 Å². The van der Waals surface area contributed by atoms with Crippen LogP contribution in [0.15, 0.2) is 53.9 Å². The summed E-state index contributed by atoms with van der Waals surface area (Å²) in [6, 6.07) is 5.84. The maximum Gasteiger partial charge on any atom is 0.139 e. The summed E-state index contributed by atoms with van der Waals surface area (Å²) in [5, 5.41) is 1.84. The van der Waals surface area contributed by atoms with Gasteiger partial charge in [-0.05, 0) is 12.1 Å². The van der Waals surface area contributed by atoms with Crippen LogP contribution in [-0.2, 0) is 9.47 Å². The summed E-state index contributed by atoms with van der Waals surface area (Å²) >= 11 is 3.04. The summed E-state index contributed by atoms with van der Waals surface area (Å²) in [7, 11) is 0. The molecule has 0 amide bonds. The van der Waals surface area contributed by atoms with E-state index in [1.165, 1.54) is 36.0 Å². The topological polar surface area (TPSA) is 31.4 Å². The zero-order chi connectivity index (χ0) is 11.6. The zero-order valence-corrected chi connectivity index (χ0v) is 10.4. The fraction of sp³-hybridized carbons (Fsp3) is 0.182. The number of pyridine rings is 1. The Morgan fingerprint density at radius 3 is 2.00 bits per heavy atom. The van der Waals surface area contributed by atoms with Crippen LogP contribution in [0, 0.1) is 0 Å². The van der Waals surface area contributed by atoms with Crippen molar-refractivity contribution in [2.24, 2.45) is 0 Å². The van der Waals surface area contributed by atoms with Crippen molar-refractivity contribution in [1.29, 1.82) is 0 Å². The second-order valence-corrected chi connectivity index (χ2v) is 4.39. The van der Waals surface area contributed by atoms with Crippen molar-refractivity contribution in [2.75, 3.05) is 11.9 Å². The molecule has 0 fully saturated rings. The molecular weight excluding hydrogens is 242 g/mol. The molecule has 3 nitrogen and oxygen atoms in total. The van der Waals surface area contributed by atoms with E-state index in [9.17, 15) is 0 Å². The number of aromatic nitrogens is 1. The van der Waals surface area contributed by atoms with Crippen molar-refractivity contribution in [3.8, 4) is 0 Å². The largest absolute Gasteiger partial charge is 0.491 e. The number of thioether (sulfide) groups is 2. The van der Waals surface area contributed by atoms with E-state index in [1.54, 1.807) is 0 Å². The number of ether oxygens (including phenoxy) is 2. The third-order valence-corrected chi connectivity index (χ3v) is 3.04. The molecule has 0 spiro atoms. The first kappa shape index (κ1) is 13.0. The minimum atomic E-state index is 0.522. The first-order valence-corrected chi connectivity index (χ1v) is 6.51. The van der Waals surface area contributed by atoms with Gasteiger partial charge in [0.2, 0.25) is 0 Å². The summed E-state index contributed by atoms with van der Waals surface area (Å²) in [5.74, 6) is 1.04. The Morgan fingerprint density at radius 1 is 1.06 bits per heavy atom. The summed E-state index contributed by atoms with van der Waals surface area (Å²) in [4.78, 5) is 4.41. The van der Waals surface area contributed by atoms with E-state index in [-0.39, 0.29) is 0 Å². The van der Waals surface area contributed by atoms with Crippen molar-refractivity contribution >= 4 is 23.5 Å². The molecule has 0 unspecified atom stereocenters. The Bertz CT molecular complexity index is 315. The average molecular weight is 255 g/mol. The molecule has 0 radical (unpaired) electrons. The first-order chi connectivity index (χ1) is 7.86. The Morgan fingerprint density at radius 2 is 1.56 bits per heavy atom. The lowest BCUT2D eigenvalue weighted by Gasteiger charge is -2.03. The number of hydrogen-bond acceptors (Lipinski definition) is 5. The van der Waals surface area contributed by atoms with Crippen molar-refractivity contribution in [1.82, 2.24) is 4.98 Å². The van der Waals surface area contributed by atoms with Gasteiger partial charge in [0, 0.05) is 0 Å². The van der Waals surface area contributed by atoms with Gasteiger partial charge in [0.05, 0.1) is 12.5 Å². The molecule has 0 atom stereocenters. The quantitative estimate of drug-likeness (QED) is 0.307. The molecule has 0 aliphatic rings. The van der Waals surface area contributed by atoms with E-state index in [2.05, 4.69) is 18.1 Å². The zero-order valence-electron chi connectivity index (χ0n) is 8.80. The van der Waals surface area contributed by atoms with Crippen molar-refractivity contribution < 1.29 is 9.47 Å². The highest BCUT2D eigenvalue weighted by Gasteiger charge is 1.99. The molecule has 0 aliphatic carbocycles. The van der Waals surface area contributed by atoms with Crippen LogP contribution in [0.4, 0.5) is 0 Å². The highest BCUT2D eigenvalue weighted by atomic mass is 32.2. The van der Waals surface area contributed by atoms with Crippen LogP contribution in [0.3, 0.4) is 0 Å². The number of nitrogens with zero attached hydrogens (tertiary/aromatic N) is 1. The Hall–Kier alpha value is -1.07. The van der Waals surface area contributed by atoms with E-state index in [4.69, 9.17) is 9.47 Å². The standard InChI is InChI=1S/C11H13NO2S2/c1-3-13-8-15-10-6-5-7-11(12-10)16-9-14-4-2/h3-7H,1-2,8-9H2. The summed E-state index contributed by atoms with van der Waals surface area (Å²) in [5.41, 5.74) is 0. The maximum atomic E-state index is 5.02. The number of rotatable bonds is 8. The van der Waals surface area contributed by atoms with E-state index in [0.717, 1.165) is 10.1 Å². The second kappa shape index (κ2) is 8.13. The molecule has 0 N–H and O–H groups in total. The highest BCUT2D eigenvalue weighted by molar-refractivity contribution is 7.99. The van der Waals surface area contributed by atoms with E-state index < -0.39 is 0 Å². The normalized spacial score (nSPS) is 9.50. The molecule has 1 rings (SSSR count). The highest BCUT2D eigenvalue weighted by Crippen LogP contribution is 2.21. The fourth-order valence-corrected chi connectivity index (χ4v) is 2.14. The predicted molar refractivity (Wildman–Crippen MR) is 68.2 cm³/mol. The molecule has 5 heteroatoms. The van der Waals surface area contributed by atoms with Gasteiger partial charge < -0.3 is 9.47 Å². The van der Waals surface area contributed by atoms with E-state index >= 15 is 0 Å². The molecule has 0 bridgehead atoms. The lowest BCUT2D eigenvalue weighted by molar-refractivity contribution is 0.318. The van der Waals surface area contributed by atoms with Crippen molar-refractivity contribution in [2.45, 2.75) is 10.1 Å². The van der Waals surface area contributed by atoms with Gasteiger partial charge in [-0.1, -0.05) is 42.7 Å². The monoisotopic (exact) mass is 255 g/mol. The molecule has 86 valence electrons. The summed E-state index contributed by atoms with van der Waals surface area (Å²) < 4.78 is 10.0. The molecular formula is C11H13NO2S2. The lowest BCUT2D eigenvalue weighted by Crippen LogP contribution is -1.88. The van der Waals surface area contributed by atoms with Crippen LogP contribution in [0.5, 0.6) is 0 Å². The van der Waals surface area contributed by atoms with E-state index in [1.807, 2.05) is 18.2 Å². The van der Waals surface area contributed by atoms with Gasteiger partial charge in [0.25, 0.3) is 0 Å². The smallest absolute Gasteiger partial charge is 0.139 e. The third kappa shape index (κ3) is 5.14. The van der Waals surface area contributed by atoms with Gasteiger partial charge in [-0.15, -0.1) is 0 Å².